The average Bonchev–Trinajstić information content (AvgIpc) is 2.86. The van der Waals surface area contributed by atoms with Crippen LogP contribution in [0.1, 0.15) is 6.92 Å². The Kier molecular flexibility index (Phi) is 7.37. The van der Waals surface area contributed by atoms with Crippen molar-refractivity contribution in [1.82, 2.24) is 20.1 Å². The second-order valence-corrected chi connectivity index (χ2v) is 5.84. The number of anilines is 1. The molecule has 6 nitrogen and oxygen atoms in total. The Hall–Kier alpha value is -1.57. The van der Waals surface area contributed by atoms with Gasteiger partial charge in [-0.05, 0) is 43.1 Å². The van der Waals surface area contributed by atoms with Gasteiger partial charge in [0.05, 0.1) is 0 Å². The molecule has 1 atom stereocenters. The first kappa shape index (κ1) is 18.5. The van der Waals surface area contributed by atoms with Crippen molar-refractivity contribution in [1.29, 1.82) is 0 Å². The maximum absolute atomic E-state index is 11.9. The maximum atomic E-state index is 11.9. The lowest BCUT2D eigenvalue weighted by atomic mass is 10.1. The predicted molar refractivity (Wildman–Crippen MR) is 90.5 cm³/mol. The van der Waals surface area contributed by atoms with E-state index >= 15 is 0 Å². The Morgan fingerprint density at radius 1 is 1.36 bits per heavy atom. The van der Waals surface area contributed by atoms with E-state index in [1.54, 1.807) is 6.33 Å². The number of aromatic nitrogens is 3. The standard InChI is InChI=1S/C14H19N5OS.ClH/c1-10(8-15-2)13(20)17-11-4-6-12(7-5-11)21-14-18-16-9-19(14)3;/h4-7,9-10,15H,8H2,1-3H3,(H,17,20);1H. The van der Waals surface area contributed by atoms with Crippen LogP contribution < -0.4 is 10.6 Å². The third kappa shape index (κ3) is 5.01. The third-order valence-corrected chi connectivity index (χ3v) is 4.02. The molecule has 0 saturated heterocycles. The second kappa shape index (κ2) is 8.77. The summed E-state index contributed by atoms with van der Waals surface area (Å²) >= 11 is 1.53. The van der Waals surface area contributed by atoms with E-state index in [-0.39, 0.29) is 24.2 Å². The van der Waals surface area contributed by atoms with E-state index in [1.165, 1.54) is 11.8 Å². The van der Waals surface area contributed by atoms with Gasteiger partial charge in [0, 0.05) is 30.1 Å². The van der Waals surface area contributed by atoms with Crippen LogP contribution >= 0.6 is 24.2 Å². The van der Waals surface area contributed by atoms with Crippen molar-refractivity contribution in [2.75, 3.05) is 18.9 Å². The summed E-state index contributed by atoms with van der Waals surface area (Å²) in [6, 6.07) is 7.70. The molecular formula is C14H20ClN5OS. The SMILES string of the molecule is CNCC(C)C(=O)Nc1ccc(Sc2nncn2C)cc1.Cl. The molecule has 0 aliphatic rings. The predicted octanol–water partition coefficient (Wildman–Crippen LogP) is 2.18. The Bertz CT molecular complexity index is 602. The first-order valence-corrected chi connectivity index (χ1v) is 7.49. The number of amides is 1. The molecule has 0 aliphatic carbocycles. The van der Waals surface area contributed by atoms with Gasteiger partial charge in [-0.25, -0.2) is 0 Å². The van der Waals surface area contributed by atoms with Crippen molar-refractivity contribution >= 4 is 35.8 Å². The second-order valence-electron chi connectivity index (χ2n) is 4.80. The smallest absolute Gasteiger partial charge is 0.228 e. The minimum absolute atomic E-state index is 0. The molecule has 2 N–H and O–H groups in total. The number of hydrogen-bond acceptors (Lipinski definition) is 5. The zero-order valence-electron chi connectivity index (χ0n) is 12.7. The van der Waals surface area contributed by atoms with Crippen molar-refractivity contribution in [3.63, 3.8) is 0 Å². The summed E-state index contributed by atoms with van der Waals surface area (Å²) in [6.07, 6.45) is 1.67. The highest BCUT2D eigenvalue weighted by Gasteiger charge is 2.11. The van der Waals surface area contributed by atoms with Crippen LogP contribution in [0.15, 0.2) is 40.6 Å². The van der Waals surface area contributed by atoms with Gasteiger partial charge in [-0.1, -0.05) is 6.92 Å². The molecule has 0 saturated carbocycles. The highest BCUT2D eigenvalue weighted by atomic mass is 35.5. The van der Waals surface area contributed by atoms with E-state index in [2.05, 4.69) is 20.8 Å². The van der Waals surface area contributed by atoms with Crippen LogP contribution in [0.25, 0.3) is 0 Å². The Balaban J connectivity index is 0.00000242. The van der Waals surface area contributed by atoms with Crippen LogP contribution in [-0.2, 0) is 11.8 Å². The normalized spacial score (nSPS) is 11.6. The summed E-state index contributed by atoms with van der Waals surface area (Å²) in [5.41, 5.74) is 0.797. The molecule has 0 spiro atoms. The highest BCUT2D eigenvalue weighted by molar-refractivity contribution is 7.99. The van der Waals surface area contributed by atoms with E-state index in [1.807, 2.05) is 49.9 Å². The van der Waals surface area contributed by atoms with E-state index in [0.29, 0.717) is 6.54 Å². The van der Waals surface area contributed by atoms with Crippen molar-refractivity contribution in [3.8, 4) is 0 Å². The van der Waals surface area contributed by atoms with Gasteiger partial charge < -0.3 is 15.2 Å². The molecule has 22 heavy (non-hydrogen) atoms. The number of carbonyl (C=O) groups excluding carboxylic acids is 1. The van der Waals surface area contributed by atoms with Crippen LogP contribution in [0, 0.1) is 5.92 Å². The maximum Gasteiger partial charge on any atom is 0.228 e. The molecule has 0 bridgehead atoms. The monoisotopic (exact) mass is 341 g/mol. The van der Waals surface area contributed by atoms with Gasteiger partial charge >= 0.3 is 0 Å². The Morgan fingerprint density at radius 2 is 2.05 bits per heavy atom. The topological polar surface area (TPSA) is 71.8 Å². The first-order valence-electron chi connectivity index (χ1n) is 6.67. The molecule has 1 amide bonds. The molecule has 2 rings (SSSR count). The van der Waals surface area contributed by atoms with Gasteiger partial charge in [0.1, 0.15) is 6.33 Å². The summed E-state index contributed by atoms with van der Waals surface area (Å²) in [7, 11) is 3.74. The van der Waals surface area contributed by atoms with Crippen molar-refractivity contribution in [3.05, 3.63) is 30.6 Å². The third-order valence-electron chi connectivity index (χ3n) is 2.96. The van der Waals surface area contributed by atoms with E-state index < -0.39 is 0 Å². The fraction of sp³-hybridized carbons (Fsp3) is 0.357. The lowest BCUT2D eigenvalue weighted by molar-refractivity contribution is -0.119. The number of nitrogens with zero attached hydrogens (tertiary/aromatic N) is 3. The number of carbonyl (C=O) groups is 1. The minimum atomic E-state index is -0.0669. The van der Waals surface area contributed by atoms with Crippen molar-refractivity contribution in [2.45, 2.75) is 17.0 Å². The molecule has 1 aromatic carbocycles. The molecule has 8 heteroatoms. The number of benzene rings is 1. The van der Waals surface area contributed by atoms with Crippen LogP contribution in [0.3, 0.4) is 0 Å². The van der Waals surface area contributed by atoms with Crippen LogP contribution in [0.5, 0.6) is 0 Å². The van der Waals surface area contributed by atoms with Gasteiger partial charge in [-0.15, -0.1) is 22.6 Å². The van der Waals surface area contributed by atoms with Gasteiger partial charge in [-0.2, -0.15) is 0 Å². The first-order chi connectivity index (χ1) is 10.1. The molecule has 120 valence electrons. The van der Waals surface area contributed by atoms with Crippen molar-refractivity contribution < 1.29 is 4.79 Å². The lowest BCUT2D eigenvalue weighted by Crippen LogP contribution is -2.28. The Labute approximate surface area is 140 Å². The molecule has 1 heterocycles. The largest absolute Gasteiger partial charge is 0.326 e. The number of aryl methyl sites for hydroxylation is 1. The fourth-order valence-corrected chi connectivity index (χ4v) is 2.50. The zero-order valence-corrected chi connectivity index (χ0v) is 14.4. The molecule has 2 aromatic rings. The van der Waals surface area contributed by atoms with Gasteiger partial charge in [-0.3, -0.25) is 4.79 Å². The van der Waals surface area contributed by atoms with Gasteiger partial charge in [0.15, 0.2) is 5.16 Å². The summed E-state index contributed by atoms with van der Waals surface area (Å²) in [5.74, 6) is -0.0549. The molecule has 0 radical (unpaired) electrons. The highest BCUT2D eigenvalue weighted by Crippen LogP contribution is 2.26. The van der Waals surface area contributed by atoms with Crippen LogP contribution in [0.4, 0.5) is 5.69 Å². The van der Waals surface area contributed by atoms with E-state index in [9.17, 15) is 4.79 Å². The van der Waals surface area contributed by atoms with Gasteiger partial charge in [0.25, 0.3) is 0 Å². The van der Waals surface area contributed by atoms with E-state index in [4.69, 9.17) is 0 Å². The molecule has 0 aliphatic heterocycles. The molecule has 0 fully saturated rings. The zero-order chi connectivity index (χ0) is 15.2. The summed E-state index contributed by atoms with van der Waals surface area (Å²) in [6.45, 7) is 2.55. The quantitative estimate of drug-likeness (QED) is 0.842. The molecular weight excluding hydrogens is 322 g/mol. The van der Waals surface area contributed by atoms with Gasteiger partial charge in [0.2, 0.25) is 5.91 Å². The van der Waals surface area contributed by atoms with Crippen LogP contribution in [-0.4, -0.2) is 34.3 Å². The summed E-state index contributed by atoms with van der Waals surface area (Å²) in [5, 5.41) is 14.6. The fourth-order valence-electron chi connectivity index (χ4n) is 1.74. The molecule has 1 aromatic heterocycles. The van der Waals surface area contributed by atoms with Crippen molar-refractivity contribution in [2.24, 2.45) is 13.0 Å². The minimum Gasteiger partial charge on any atom is -0.326 e. The average molecular weight is 342 g/mol. The Morgan fingerprint density at radius 3 is 2.59 bits per heavy atom. The molecule has 1 unspecified atom stereocenters. The number of halogens is 1. The summed E-state index contributed by atoms with van der Waals surface area (Å²) < 4.78 is 1.86. The van der Waals surface area contributed by atoms with Crippen LogP contribution in [0.2, 0.25) is 0 Å². The number of rotatable bonds is 6. The number of hydrogen-bond donors (Lipinski definition) is 2. The van der Waals surface area contributed by atoms with E-state index in [0.717, 1.165) is 15.7 Å². The lowest BCUT2D eigenvalue weighted by Gasteiger charge is -2.11. The summed E-state index contributed by atoms with van der Waals surface area (Å²) in [4.78, 5) is 13.0. The number of nitrogens with one attached hydrogen (secondary N) is 2.